The van der Waals surface area contributed by atoms with Gasteiger partial charge in [-0.15, -0.1) is 0 Å². The molecule has 0 aromatic heterocycles. The summed E-state index contributed by atoms with van der Waals surface area (Å²) in [5.74, 6) is -0.0368. The zero-order valence-electron chi connectivity index (χ0n) is 56.0. The van der Waals surface area contributed by atoms with Gasteiger partial charge in [0.05, 0.1) is 26.4 Å². The van der Waals surface area contributed by atoms with Crippen molar-refractivity contribution in [1.82, 2.24) is 0 Å². The van der Waals surface area contributed by atoms with Crippen molar-refractivity contribution in [2.45, 2.75) is 330 Å². The van der Waals surface area contributed by atoms with E-state index in [1.165, 1.54) is 103 Å². The number of aliphatic hydroxyl groups is 1. The van der Waals surface area contributed by atoms with E-state index in [0.29, 0.717) is 37.5 Å². The summed E-state index contributed by atoms with van der Waals surface area (Å²) in [6.07, 6.45) is 44.2. The van der Waals surface area contributed by atoms with Crippen LogP contribution in [0.5, 0.6) is 0 Å². The normalized spacial score (nSPS) is 14.4. The third kappa shape index (κ3) is 62.1. The lowest BCUT2D eigenvalue weighted by molar-refractivity contribution is -0.161. The van der Waals surface area contributed by atoms with E-state index in [9.17, 15) is 43.2 Å². The Morgan fingerprint density at radius 3 is 0.931 bits per heavy atom. The largest absolute Gasteiger partial charge is 0.472 e. The minimum absolute atomic E-state index is 0.0841. The van der Waals surface area contributed by atoms with Crippen LogP contribution in [0.15, 0.2) is 24.3 Å². The average molecular weight is 1280 g/mol. The van der Waals surface area contributed by atoms with Crippen molar-refractivity contribution in [1.29, 1.82) is 0 Å². The van der Waals surface area contributed by atoms with Crippen LogP contribution >= 0.6 is 15.6 Å². The minimum Gasteiger partial charge on any atom is -0.462 e. The number of phosphoric ester groups is 2. The van der Waals surface area contributed by atoms with E-state index in [2.05, 4.69) is 72.8 Å². The molecule has 87 heavy (non-hydrogen) atoms. The first-order valence-electron chi connectivity index (χ1n) is 34.7. The summed E-state index contributed by atoms with van der Waals surface area (Å²) in [5.41, 5.74) is 0. The fraction of sp³-hybridized carbons (Fsp3) is 0.882. The van der Waals surface area contributed by atoms with Crippen molar-refractivity contribution in [3.8, 4) is 0 Å². The van der Waals surface area contributed by atoms with Gasteiger partial charge in [-0.05, 0) is 69.1 Å². The molecule has 19 heteroatoms. The second-order valence-corrected chi connectivity index (χ2v) is 28.2. The number of hydrogen-bond donors (Lipinski definition) is 3. The number of rotatable bonds is 64. The van der Waals surface area contributed by atoms with Crippen molar-refractivity contribution < 1.29 is 80.2 Å². The molecule has 512 valence electrons. The van der Waals surface area contributed by atoms with Crippen molar-refractivity contribution in [2.75, 3.05) is 39.6 Å². The first-order valence-corrected chi connectivity index (χ1v) is 37.7. The van der Waals surface area contributed by atoms with Gasteiger partial charge in [-0.2, -0.15) is 0 Å². The van der Waals surface area contributed by atoms with Crippen molar-refractivity contribution in [2.24, 2.45) is 17.8 Å². The highest BCUT2D eigenvalue weighted by molar-refractivity contribution is 7.47. The zero-order valence-corrected chi connectivity index (χ0v) is 57.7. The second kappa shape index (κ2) is 58.6. The Morgan fingerprint density at radius 1 is 0.356 bits per heavy atom. The molecular formula is C68H128O17P2. The van der Waals surface area contributed by atoms with Gasteiger partial charge in [0, 0.05) is 25.7 Å². The van der Waals surface area contributed by atoms with Gasteiger partial charge in [-0.1, -0.05) is 259 Å². The number of carbonyl (C=O) groups excluding carboxylic acids is 4. The Morgan fingerprint density at radius 2 is 0.621 bits per heavy atom. The molecule has 17 nitrogen and oxygen atoms in total. The van der Waals surface area contributed by atoms with Gasteiger partial charge < -0.3 is 33.8 Å². The molecule has 0 spiro atoms. The quantitative estimate of drug-likeness (QED) is 0.0169. The van der Waals surface area contributed by atoms with Crippen LogP contribution in [-0.4, -0.2) is 96.7 Å². The highest BCUT2D eigenvalue weighted by Gasteiger charge is 2.30. The van der Waals surface area contributed by atoms with E-state index in [1.54, 1.807) is 0 Å². The summed E-state index contributed by atoms with van der Waals surface area (Å²) < 4.78 is 68.1. The van der Waals surface area contributed by atoms with Crippen LogP contribution in [0.1, 0.15) is 312 Å². The van der Waals surface area contributed by atoms with Crippen molar-refractivity contribution >= 4 is 39.5 Å². The molecule has 0 heterocycles. The molecule has 0 fully saturated rings. The van der Waals surface area contributed by atoms with Gasteiger partial charge in [0.2, 0.25) is 0 Å². The third-order valence-electron chi connectivity index (χ3n) is 15.0. The molecule has 0 aromatic rings. The van der Waals surface area contributed by atoms with Crippen LogP contribution in [0.25, 0.3) is 0 Å². The van der Waals surface area contributed by atoms with Crippen LogP contribution in [0.4, 0.5) is 0 Å². The molecule has 0 bridgehead atoms. The van der Waals surface area contributed by atoms with E-state index >= 15 is 0 Å². The summed E-state index contributed by atoms with van der Waals surface area (Å²) in [7, 11) is -9.91. The number of esters is 4. The third-order valence-corrected chi connectivity index (χ3v) is 16.9. The summed E-state index contributed by atoms with van der Waals surface area (Å²) >= 11 is 0. The molecule has 0 aliphatic carbocycles. The highest BCUT2D eigenvalue weighted by atomic mass is 31.2. The number of aliphatic hydroxyl groups excluding tert-OH is 1. The average Bonchev–Trinajstić information content (AvgIpc) is 3.62. The number of allylic oxidation sites excluding steroid dienone is 4. The topological polar surface area (TPSA) is 237 Å². The van der Waals surface area contributed by atoms with E-state index in [0.717, 1.165) is 115 Å². The van der Waals surface area contributed by atoms with Gasteiger partial charge in [-0.25, -0.2) is 9.13 Å². The van der Waals surface area contributed by atoms with Crippen molar-refractivity contribution in [3.05, 3.63) is 24.3 Å². The zero-order chi connectivity index (χ0) is 64.5. The maximum Gasteiger partial charge on any atom is 0.472 e. The van der Waals surface area contributed by atoms with Gasteiger partial charge in [0.25, 0.3) is 0 Å². The minimum atomic E-state index is -4.96. The summed E-state index contributed by atoms with van der Waals surface area (Å²) in [4.78, 5) is 72.3. The number of phosphoric acid groups is 2. The standard InChI is InChI=1S/C68H128O17P2/c1-8-9-10-11-12-13-14-15-16-17-18-23-28-37-44-51-67(72)84-63(55-78-65(70)49-42-35-27-22-20-19-21-25-32-39-46-59(2)3)57-82-86(74,75)80-53-62(69)54-81-87(76,77)83-58-64(56-79-66(71)50-43-36-31-30-34-41-48-61(6)7)85-68(73)52-45-38-29-24-26-33-40-47-60(4)5/h13-16,59-64,69H,8-12,17-58H2,1-7H3,(H,74,75)(H,76,77)/b14-13-,16-15-/t62-,63-,64-/m1/s1. The highest BCUT2D eigenvalue weighted by Crippen LogP contribution is 2.45. The number of carbonyl (C=O) groups is 4. The smallest absolute Gasteiger partial charge is 0.462 e. The van der Waals surface area contributed by atoms with Crippen LogP contribution in [-0.2, 0) is 65.4 Å². The Labute approximate surface area is 529 Å². The molecule has 0 amide bonds. The van der Waals surface area contributed by atoms with Crippen LogP contribution in [0.2, 0.25) is 0 Å². The molecular weight excluding hydrogens is 1150 g/mol. The maximum absolute atomic E-state index is 13.0. The fourth-order valence-corrected chi connectivity index (χ4v) is 11.2. The number of hydrogen-bond acceptors (Lipinski definition) is 15. The molecule has 0 radical (unpaired) electrons. The van der Waals surface area contributed by atoms with Crippen molar-refractivity contribution in [3.63, 3.8) is 0 Å². The molecule has 0 aliphatic rings. The van der Waals surface area contributed by atoms with Crippen LogP contribution < -0.4 is 0 Å². The summed E-state index contributed by atoms with van der Waals surface area (Å²) in [6.45, 7) is 11.6. The molecule has 3 N–H and O–H groups in total. The molecule has 0 saturated carbocycles. The number of unbranched alkanes of at least 4 members (excludes halogenated alkanes) is 29. The lowest BCUT2D eigenvalue weighted by Crippen LogP contribution is -2.30. The Kier molecular flexibility index (Phi) is 57.0. The monoisotopic (exact) mass is 1280 g/mol. The van der Waals surface area contributed by atoms with Crippen LogP contribution in [0.3, 0.4) is 0 Å². The predicted octanol–water partition coefficient (Wildman–Crippen LogP) is 18.6. The second-order valence-electron chi connectivity index (χ2n) is 25.3. The van der Waals surface area contributed by atoms with E-state index in [1.807, 2.05) is 0 Å². The summed E-state index contributed by atoms with van der Waals surface area (Å²) in [5, 5.41) is 10.6. The fourth-order valence-electron chi connectivity index (χ4n) is 9.65. The van der Waals surface area contributed by atoms with E-state index in [4.69, 9.17) is 37.0 Å². The maximum atomic E-state index is 13.0. The number of ether oxygens (including phenoxy) is 4. The van der Waals surface area contributed by atoms with E-state index < -0.39 is 97.5 Å². The Hall–Kier alpha value is -2.46. The summed E-state index contributed by atoms with van der Waals surface area (Å²) in [6, 6.07) is 0. The lowest BCUT2D eigenvalue weighted by atomic mass is 10.0. The van der Waals surface area contributed by atoms with Gasteiger partial charge in [0.15, 0.2) is 12.2 Å². The van der Waals surface area contributed by atoms with Crippen LogP contribution in [0, 0.1) is 17.8 Å². The van der Waals surface area contributed by atoms with E-state index in [-0.39, 0.29) is 25.7 Å². The predicted molar refractivity (Wildman–Crippen MR) is 349 cm³/mol. The molecule has 5 atom stereocenters. The molecule has 2 unspecified atom stereocenters. The Balaban J connectivity index is 5.28. The first-order chi connectivity index (χ1) is 41.7. The molecule has 0 aliphatic heterocycles. The first kappa shape index (κ1) is 84.5. The lowest BCUT2D eigenvalue weighted by Gasteiger charge is -2.21. The Bertz CT molecular complexity index is 1810. The molecule has 0 rings (SSSR count). The SMILES string of the molecule is CCCCCC/C=C\C=C/CCCCCCCC(=O)O[C@H](COC(=O)CCCCCCCCCCCCC(C)C)COP(=O)(O)OC[C@@H](O)COP(=O)(O)OC[C@@H](COC(=O)CCCCCCCCC(C)C)OC(=O)CCCCCCCCCC(C)C. The van der Waals surface area contributed by atoms with Gasteiger partial charge in [-0.3, -0.25) is 37.3 Å². The molecule has 0 saturated heterocycles. The van der Waals surface area contributed by atoms with Gasteiger partial charge >= 0.3 is 39.5 Å². The van der Waals surface area contributed by atoms with Gasteiger partial charge in [0.1, 0.15) is 19.3 Å². The molecule has 0 aromatic carbocycles.